The fourth-order valence-corrected chi connectivity index (χ4v) is 1.16. The molecule has 0 atom stereocenters. The van der Waals surface area contributed by atoms with Crippen molar-refractivity contribution in [3.8, 4) is 0 Å². The summed E-state index contributed by atoms with van der Waals surface area (Å²) in [6.45, 7) is 4.32. The quantitative estimate of drug-likeness (QED) is 0.750. The van der Waals surface area contributed by atoms with Gasteiger partial charge in [-0.3, -0.25) is 0 Å². The van der Waals surface area contributed by atoms with Crippen molar-refractivity contribution in [1.29, 1.82) is 0 Å². The average molecular weight is 176 g/mol. The van der Waals surface area contributed by atoms with Crippen molar-refractivity contribution in [1.82, 2.24) is 0 Å². The van der Waals surface area contributed by atoms with Gasteiger partial charge in [-0.25, -0.2) is 0 Å². The largest absolute Gasteiger partial charge is 0.392 e. The minimum Gasteiger partial charge on any atom is -0.392 e. The zero-order valence-corrected chi connectivity index (χ0v) is 8.20. The van der Waals surface area contributed by atoms with Crippen LogP contribution in [-0.2, 0) is 0 Å². The van der Waals surface area contributed by atoms with Crippen LogP contribution in [0.25, 0.3) is 6.08 Å². The zero-order chi connectivity index (χ0) is 9.68. The normalized spacial score (nSPS) is 12.2. The molecule has 0 spiro atoms. The molecule has 0 radical (unpaired) electrons. The third-order valence-electron chi connectivity index (χ3n) is 2.08. The number of rotatable bonds is 3. The minimum atomic E-state index is 0.145. The molecule has 1 aromatic rings. The molecule has 1 nitrogen and oxygen atoms in total. The third-order valence-corrected chi connectivity index (χ3v) is 2.08. The smallest absolute Gasteiger partial charge is 0.0647 e. The SMILES string of the molecule is CC(C)/C(=C/c1ccccc1)CO. The van der Waals surface area contributed by atoms with Gasteiger partial charge < -0.3 is 5.11 Å². The van der Waals surface area contributed by atoms with Crippen molar-refractivity contribution in [2.45, 2.75) is 13.8 Å². The lowest BCUT2D eigenvalue weighted by atomic mass is 10.0. The zero-order valence-electron chi connectivity index (χ0n) is 8.20. The molecule has 0 aliphatic carbocycles. The first-order valence-electron chi connectivity index (χ1n) is 4.60. The van der Waals surface area contributed by atoms with Crippen LogP contribution in [0.1, 0.15) is 19.4 Å². The Balaban J connectivity index is 2.85. The lowest BCUT2D eigenvalue weighted by Crippen LogP contribution is -1.98. The summed E-state index contributed by atoms with van der Waals surface area (Å²) < 4.78 is 0. The second-order valence-corrected chi connectivity index (χ2v) is 3.44. The van der Waals surface area contributed by atoms with Crippen LogP contribution < -0.4 is 0 Å². The number of hydrogen-bond acceptors (Lipinski definition) is 1. The summed E-state index contributed by atoms with van der Waals surface area (Å²) in [4.78, 5) is 0. The second-order valence-electron chi connectivity index (χ2n) is 3.44. The Morgan fingerprint density at radius 2 is 1.92 bits per heavy atom. The van der Waals surface area contributed by atoms with Crippen LogP contribution in [-0.4, -0.2) is 11.7 Å². The third kappa shape index (κ3) is 3.03. The van der Waals surface area contributed by atoms with Gasteiger partial charge in [0.2, 0.25) is 0 Å². The summed E-state index contributed by atoms with van der Waals surface area (Å²) in [7, 11) is 0. The maximum absolute atomic E-state index is 9.09. The highest BCUT2D eigenvalue weighted by Crippen LogP contribution is 2.13. The van der Waals surface area contributed by atoms with Crippen LogP contribution in [0.15, 0.2) is 35.9 Å². The molecule has 1 aromatic carbocycles. The van der Waals surface area contributed by atoms with Crippen LogP contribution in [0.2, 0.25) is 0 Å². The first-order chi connectivity index (χ1) is 6.24. The van der Waals surface area contributed by atoms with Gasteiger partial charge in [0.1, 0.15) is 0 Å². The molecule has 0 saturated heterocycles. The van der Waals surface area contributed by atoms with Crippen molar-refractivity contribution in [3.63, 3.8) is 0 Å². The maximum atomic E-state index is 9.09. The van der Waals surface area contributed by atoms with Crippen LogP contribution >= 0.6 is 0 Å². The van der Waals surface area contributed by atoms with Crippen LogP contribution in [0.3, 0.4) is 0 Å². The van der Waals surface area contributed by atoms with Gasteiger partial charge in [-0.15, -0.1) is 0 Å². The Morgan fingerprint density at radius 3 is 2.38 bits per heavy atom. The molecule has 0 heterocycles. The lowest BCUT2D eigenvalue weighted by molar-refractivity contribution is 0.320. The van der Waals surface area contributed by atoms with Crippen LogP contribution in [0, 0.1) is 5.92 Å². The number of hydrogen-bond donors (Lipinski definition) is 1. The van der Waals surface area contributed by atoms with E-state index >= 15 is 0 Å². The predicted molar refractivity (Wildman–Crippen MR) is 56.3 cm³/mol. The van der Waals surface area contributed by atoms with Crippen LogP contribution in [0.4, 0.5) is 0 Å². The van der Waals surface area contributed by atoms with E-state index in [1.54, 1.807) is 0 Å². The molecule has 0 fully saturated rings. The van der Waals surface area contributed by atoms with E-state index in [1.165, 1.54) is 0 Å². The molecule has 70 valence electrons. The molecule has 13 heavy (non-hydrogen) atoms. The Bertz CT molecular complexity index is 272. The van der Waals surface area contributed by atoms with E-state index in [0.29, 0.717) is 5.92 Å². The molecule has 0 unspecified atom stereocenters. The van der Waals surface area contributed by atoms with Gasteiger partial charge in [0.15, 0.2) is 0 Å². The number of aliphatic hydroxyl groups is 1. The predicted octanol–water partition coefficient (Wildman–Crippen LogP) is 2.72. The maximum Gasteiger partial charge on any atom is 0.0647 e. The van der Waals surface area contributed by atoms with Crippen molar-refractivity contribution >= 4 is 6.08 Å². The van der Waals surface area contributed by atoms with Crippen molar-refractivity contribution < 1.29 is 5.11 Å². The van der Waals surface area contributed by atoms with Gasteiger partial charge in [0, 0.05) is 0 Å². The average Bonchev–Trinajstić information content (AvgIpc) is 2.15. The summed E-state index contributed by atoms with van der Waals surface area (Å²) >= 11 is 0. The van der Waals surface area contributed by atoms with E-state index in [-0.39, 0.29) is 6.61 Å². The molecular weight excluding hydrogens is 160 g/mol. The highest BCUT2D eigenvalue weighted by Gasteiger charge is 2.00. The van der Waals surface area contributed by atoms with Gasteiger partial charge in [0.05, 0.1) is 6.61 Å². The summed E-state index contributed by atoms with van der Waals surface area (Å²) in [6.07, 6.45) is 2.05. The molecule has 0 aliphatic rings. The van der Waals surface area contributed by atoms with Gasteiger partial charge in [0.25, 0.3) is 0 Å². The van der Waals surface area contributed by atoms with E-state index in [1.807, 2.05) is 36.4 Å². The van der Waals surface area contributed by atoms with Gasteiger partial charge in [-0.05, 0) is 17.1 Å². The first kappa shape index (κ1) is 10.0. The molecule has 1 N–H and O–H groups in total. The molecule has 1 rings (SSSR count). The lowest BCUT2D eigenvalue weighted by Gasteiger charge is -2.07. The summed E-state index contributed by atoms with van der Waals surface area (Å²) in [5, 5.41) is 9.09. The molecular formula is C12H16O. The van der Waals surface area contributed by atoms with E-state index in [2.05, 4.69) is 13.8 Å². The Morgan fingerprint density at radius 1 is 1.31 bits per heavy atom. The monoisotopic (exact) mass is 176 g/mol. The van der Waals surface area contributed by atoms with Gasteiger partial charge in [-0.1, -0.05) is 50.3 Å². The fourth-order valence-electron chi connectivity index (χ4n) is 1.16. The van der Waals surface area contributed by atoms with E-state index in [0.717, 1.165) is 11.1 Å². The number of aliphatic hydroxyl groups excluding tert-OH is 1. The van der Waals surface area contributed by atoms with E-state index in [4.69, 9.17) is 5.11 Å². The van der Waals surface area contributed by atoms with Crippen molar-refractivity contribution in [3.05, 3.63) is 41.5 Å². The summed E-state index contributed by atoms with van der Waals surface area (Å²) in [5.41, 5.74) is 2.23. The molecule has 0 bridgehead atoms. The van der Waals surface area contributed by atoms with E-state index < -0.39 is 0 Å². The summed E-state index contributed by atoms with van der Waals surface area (Å²) in [5.74, 6) is 0.408. The number of benzene rings is 1. The van der Waals surface area contributed by atoms with Crippen molar-refractivity contribution in [2.24, 2.45) is 5.92 Å². The summed E-state index contributed by atoms with van der Waals surface area (Å²) in [6, 6.07) is 10.1. The Labute approximate surface area is 79.7 Å². The fraction of sp³-hybridized carbons (Fsp3) is 0.333. The van der Waals surface area contributed by atoms with E-state index in [9.17, 15) is 0 Å². The Hall–Kier alpha value is -1.08. The highest BCUT2D eigenvalue weighted by molar-refractivity contribution is 5.53. The minimum absolute atomic E-state index is 0.145. The Kier molecular flexibility index (Phi) is 3.71. The molecule has 0 saturated carbocycles. The molecule has 0 amide bonds. The molecule has 0 aliphatic heterocycles. The van der Waals surface area contributed by atoms with Crippen LogP contribution in [0.5, 0.6) is 0 Å². The van der Waals surface area contributed by atoms with Gasteiger partial charge >= 0.3 is 0 Å². The highest BCUT2D eigenvalue weighted by atomic mass is 16.3. The standard InChI is InChI=1S/C12H16O/c1-10(2)12(9-13)8-11-6-4-3-5-7-11/h3-8,10,13H,9H2,1-2H3/b12-8+. The first-order valence-corrected chi connectivity index (χ1v) is 4.60. The van der Waals surface area contributed by atoms with Gasteiger partial charge in [-0.2, -0.15) is 0 Å². The second kappa shape index (κ2) is 4.83. The topological polar surface area (TPSA) is 20.2 Å². The molecule has 1 heteroatoms. The molecule has 0 aromatic heterocycles. The van der Waals surface area contributed by atoms with Crippen molar-refractivity contribution in [2.75, 3.05) is 6.61 Å².